The van der Waals surface area contributed by atoms with Crippen molar-refractivity contribution in [2.45, 2.75) is 63.6 Å². The topological polar surface area (TPSA) is 49.9 Å². The molecule has 1 amide bonds. The van der Waals surface area contributed by atoms with Crippen LogP contribution < -0.4 is 0 Å². The Balaban J connectivity index is 1.50. The van der Waals surface area contributed by atoms with Crippen molar-refractivity contribution < 1.29 is 14.3 Å². The minimum Gasteiger partial charge on any atom is -0.462 e. The van der Waals surface area contributed by atoms with Gasteiger partial charge in [-0.25, -0.2) is 0 Å². The van der Waals surface area contributed by atoms with Crippen LogP contribution in [0.25, 0.3) is 0 Å². The lowest BCUT2D eigenvalue weighted by atomic mass is 9.70. The number of rotatable bonds is 1. The van der Waals surface area contributed by atoms with Crippen molar-refractivity contribution >= 4 is 11.9 Å². The van der Waals surface area contributed by atoms with Gasteiger partial charge in [-0.3, -0.25) is 14.5 Å². The van der Waals surface area contributed by atoms with Gasteiger partial charge in [0.25, 0.3) is 0 Å². The summed E-state index contributed by atoms with van der Waals surface area (Å²) in [5, 5.41) is 0. The molecule has 122 valence electrons. The maximum absolute atomic E-state index is 12.3. The predicted molar refractivity (Wildman–Crippen MR) is 81.1 cm³/mol. The van der Waals surface area contributed by atoms with Crippen LogP contribution in [-0.4, -0.2) is 59.5 Å². The molecule has 2 bridgehead atoms. The number of ether oxygens (including phenoxy) is 1. The van der Waals surface area contributed by atoms with Crippen LogP contribution >= 0.6 is 0 Å². The third kappa shape index (κ3) is 2.43. The molecule has 5 unspecified atom stereocenters. The third-order valence-corrected chi connectivity index (χ3v) is 6.25. The molecule has 4 fully saturated rings. The van der Waals surface area contributed by atoms with Crippen molar-refractivity contribution in [1.82, 2.24) is 9.80 Å². The van der Waals surface area contributed by atoms with E-state index in [0.717, 1.165) is 45.3 Å². The molecule has 0 radical (unpaired) electrons. The Bertz CT molecular complexity index is 481. The number of nitrogens with zero attached hydrogens (tertiary/aromatic N) is 2. The van der Waals surface area contributed by atoms with Gasteiger partial charge in [-0.05, 0) is 37.5 Å². The van der Waals surface area contributed by atoms with E-state index >= 15 is 0 Å². The van der Waals surface area contributed by atoms with E-state index in [4.69, 9.17) is 4.74 Å². The Morgan fingerprint density at radius 1 is 1.14 bits per heavy atom. The van der Waals surface area contributed by atoms with Crippen LogP contribution in [-0.2, 0) is 14.3 Å². The first-order chi connectivity index (χ1) is 10.6. The van der Waals surface area contributed by atoms with Crippen LogP contribution in [0.15, 0.2) is 0 Å². The van der Waals surface area contributed by atoms with Gasteiger partial charge in [-0.15, -0.1) is 0 Å². The minimum atomic E-state index is -0.165. The van der Waals surface area contributed by atoms with Gasteiger partial charge in [0.15, 0.2) is 0 Å². The maximum Gasteiger partial charge on any atom is 0.302 e. The molecule has 22 heavy (non-hydrogen) atoms. The SMILES string of the molecule is CC(=O)OC1CCN2CC3CC(CN4C(=O)CCCC34)C2C1. The number of esters is 1. The molecule has 0 aromatic rings. The van der Waals surface area contributed by atoms with Crippen molar-refractivity contribution in [2.75, 3.05) is 19.6 Å². The highest BCUT2D eigenvalue weighted by molar-refractivity contribution is 5.77. The average molecular weight is 306 g/mol. The van der Waals surface area contributed by atoms with Gasteiger partial charge >= 0.3 is 5.97 Å². The molecular formula is C17H26N2O3. The quantitative estimate of drug-likeness (QED) is 0.687. The van der Waals surface area contributed by atoms with E-state index < -0.39 is 0 Å². The molecule has 4 saturated heterocycles. The number of carbonyl (C=O) groups is 2. The monoisotopic (exact) mass is 306 g/mol. The molecule has 4 heterocycles. The zero-order valence-corrected chi connectivity index (χ0v) is 13.4. The summed E-state index contributed by atoms with van der Waals surface area (Å²) in [4.78, 5) is 28.3. The first kappa shape index (κ1) is 14.5. The number of piperidine rings is 4. The fourth-order valence-corrected chi connectivity index (χ4v) is 5.39. The summed E-state index contributed by atoms with van der Waals surface area (Å²) < 4.78 is 5.46. The molecule has 0 saturated carbocycles. The smallest absolute Gasteiger partial charge is 0.302 e. The van der Waals surface area contributed by atoms with E-state index in [1.807, 2.05) is 0 Å². The van der Waals surface area contributed by atoms with Crippen LogP contribution in [0.3, 0.4) is 0 Å². The summed E-state index contributed by atoms with van der Waals surface area (Å²) in [5.74, 6) is 1.42. The van der Waals surface area contributed by atoms with Gasteiger partial charge in [0, 0.05) is 51.5 Å². The van der Waals surface area contributed by atoms with Gasteiger partial charge in [0.2, 0.25) is 5.91 Å². The van der Waals surface area contributed by atoms with Gasteiger partial charge in [0.05, 0.1) is 0 Å². The highest BCUT2D eigenvalue weighted by Crippen LogP contribution is 2.43. The number of hydrogen-bond donors (Lipinski definition) is 0. The normalized spacial score (nSPS) is 41.6. The highest BCUT2D eigenvalue weighted by atomic mass is 16.5. The molecule has 4 rings (SSSR count). The summed E-state index contributed by atoms with van der Waals surface area (Å²) >= 11 is 0. The molecule has 4 aliphatic heterocycles. The molecule has 5 atom stereocenters. The lowest BCUT2D eigenvalue weighted by Crippen LogP contribution is -2.65. The minimum absolute atomic E-state index is 0.0741. The lowest BCUT2D eigenvalue weighted by Gasteiger charge is -2.57. The van der Waals surface area contributed by atoms with E-state index in [-0.39, 0.29) is 12.1 Å². The van der Waals surface area contributed by atoms with Crippen LogP contribution in [0.1, 0.15) is 45.4 Å². The Labute approximate surface area is 132 Å². The summed E-state index contributed by atoms with van der Waals surface area (Å²) in [5.41, 5.74) is 0. The summed E-state index contributed by atoms with van der Waals surface area (Å²) in [6.07, 6.45) is 6.23. The Kier molecular flexibility index (Phi) is 3.63. The second-order valence-electron chi connectivity index (χ2n) is 7.58. The van der Waals surface area contributed by atoms with Crippen LogP contribution in [0, 0.1) is 11.8 Å². The Hall–Kier alpha value is -1.10. The zero-order valence-electron chi connectivity index (χ0n) is 13.4. The van der Waals surface area contributed by atoms with Crippen molar-refractivity contribution in [3.8, 4) is 0 Å². The third-order valence-electron chi connectivity index (χ3n) is 6.25. The number of fused-ring (bicyclic) bond motifs is 6. The van der Waals surface area contributed by atoms with Crippen molar-refractivity contribution in [3.05, 3.63) is 0 Å². The van der Waals surface area contributed by atoms with E-state index in [2.05, 4.69) is 9.80 Å². The Morgan fingerprint density at radius 3 is 2.77 bits per heavy atom. The standard InChI is InChI=1S/C17H26N2O3/c1-11(20)22-14-5-6-18-9-12-7-13(16(18)8-14)10-19-15(12)3-2-4-17(19)21/h12-16H,2-10H2,1H3. The second-order valence-corrected chi connectivity index (χ2v) is 7.58. The first-order valence-corrected chi connectivity index (χ1v) is 8.82. The first-order valence-electron chi connectivity index (χ1n) is 8.82. The fourth-order valence-electron chi connectivity index (χ4n) is 5.39. The fraction of sp³-hybridized carbons (Fsp3) is 0.882. The van der Waals surface area contributed by atoms with Crippen molar-refractivity contribution in [1.29, 1.82) is 0 Å². The van der Waals surface area contributed by atoms with Crippen LogP contribution in [0.2, 0.25) is 0 Å². The Morgan fingerprint density at radius 2 is 1.95 bits per heavy atom. The molecule has 0 aliphatic carbocycles. The summed E-state index contributed by atoms with van der Waals surface area (Å²) in [7, 11) is 0. The predicted octanol–water partition coefficient (Wildman–Crippen LogP) is 1.41. The van der Waals surface area contributed by atoms with Gasteiger partial charge < -0.3 is 9.64 Å². The van der Waals surface area contributed by atoms with Gasteiger partial charge in [-0.2, -0.15) is 0 Å². The van der Waals surface area contributed by atoms with Gasteiger partial charge in [0.1, 0.15) is 6.10 Å². The van der Waals surface area contributed by atoms with Gasteiger partial charge in [-0.1, -0.05) is 0 Å². The number of amides is 1. The lowest BCUT2D eigenvalue weighted by molar-refractivity contribution is -0.157. The second kappa shape index (κ2) is 5.52. The molecular weight excluding hydrogens is 280 g/mol. The number of hydrogen-bond acceptors (Lipinski definition) is 4. The van der Waals surface area contributed by atoms with Crippen LogP contribution in [0.5, 0.6) is 0 Å². The van der Waals surface area contributed by atoms with E-state index in [9.17, 15) is 9.59 Å². The summed E-state index contributed by atoms with van der Waals surface area (Å²) in [6, 6.07) is 0.981. The molecule has 0 aromatic carbocycles. The van der Waals surface area contributed by atoms with E-state index in [1.165, 1.54) is 19.8 Å². The molecule has 5 nitrogen and oxygen atoms in total. The van der Waals surface area contributed by atoms with E-state index in [0.29, 0.717) is 29.8 Å². The van der Waals surface area contributed by atoms with E-state index in [1.54, 1.807) is 0 Å². The van der Waals surface area contributed by atoms with Crippen molar-refractivity contribution in [2.24, 2.45) is 11.8 Å². The largest absolute Gasteiger partial charge is 0.462 e. The van der Waals surface area contributed by atoms with Crippen molar-refractivity contribution in [3.63, 3.8) is 0 Å². The molecule has 0 N–H and O–H groups in total. The molecule has 0 spiro atoms. The average Bonchev–Trinajstić information content (AvgIpc) is 2.49. The molecule has 0 aromatic heterocycles. The molecule has 4 aliphatic rings. The zero-order chi connectivity index (χ0) is 15.3. The molecule has 5 heteroatoms. The summed E-state index contributed by atoms with van der Waals surface area (Å²) in [6.45, 7) is 4.59. The maximum atomic E-state index is 12.3. The highest BCUT2D eigenvalue weighted by Gasteiger charge is 2.49. The number of carbonyl (C=O) groups excluding carboxylic acids is 2. The van der Waals surface area contributed by atoms with Crippen LogP contribution in [0.4, 0.5) is 0 Å².